The molecule has 8 heteroatoms. The van der Waals surface area contributed by atoms with Gasteiger partial charge in [-0.2, -0.15) is 11.8 Å². The number of furan rings is 1. The number of aromatic nitrogens is 1. The molecule has 0 aliphatic heterocycles. The van der Waals surface area contributed by atoms with E-state index >= 15 is 0 Å². The Morgan fingerprint density at radius 3 is 3.00 bits per heavy atom. The van der Waals surface area contributed by atoms with Gasteiger partial charge in [0.1, 0.15) is 6.04 Å². The standard InChI is InChI=1S/C13H14N2O4S2/c1-8(16)14-10(13(17)18)7-20-5-9-6-21-12(15-9)11-3-2-4-19-11/h2-4,6,10H,5,7H2,1H3,(H,14,16)(H,17,18). The van der Waals surface area contributed by atoms with E-state index in [2.05, 4.69) is 10.3 Å². The van der Waals surface area contributed by atoms with E-state index in [0.717, 1.165) is 16.5 Å². The van der Waals surface area contributed by atoms with Crippen LogP contribution in [0.1, 0.15) is 12.6 Å². The van der Waals surface area contributed by atoms with Crippen molar-refractivity contribution >= 4 is 35.0 Å². The maximum Gasteiger partial charge on any atom is 0.327 e. The average Bonchev–Trinajstić information content (AvgIpc) is 3.07. The first-order valence-corrected chi connectivity index (χ1v) is 8.15. The van der Waals surface area contributed by atoms with Gasteiger partial charge in [0.15, 0.2) is 10.8 Å². The Hall–Kier alpha value is -1.80. The van der Waals surface area contributed by atoms with E-state index in [1.165, 1.54) is 30.0 Å². The number of nitrogens with zero attached hydrogens (tertiary/aromatic N) is 1. The molecule has 21 heavy (non-hydrogen) atoms. The zero-order valence-corrected chi connectivity index (χ0v) is 12.9. The molecule has 0 aromatic carbocycles. The second-order valence-electron chi connectivity index (χ2n) is 4.23. The summed E-state index contributed by atoms with van der Waals surface area (Å²) in [6.45, 7) is 1.30. The Kier molecular flexibility index (Phi) is 5.40. The van der Waals surface area contributed by atoms with Crippen molar-refractivity contribution in [1.29, 1.82) is 0 Å². The lowest BCUT2D eigenvalue weighted by molar-refractivity contribution is -0.140. The molecule has 1 atom stereocenters. The van der Waals surface area contributed by atoms with Gasteiger partial charge in [-0.05, 0) is 12.1 Å². The summed E-state index contributed by atoms with van der Waals surface area (Å²) in [6, 6.07) is 2.76. The van der Waals surface area contributed by atoms with E-state index in [4.69, 9.17) is 9.52 Å². The van der Waals surface area contributed by atoms with Gasteiger partial charge >= 0.3 is 5.97 Å². The first-order valence-electron chi connectivity index (χ1n) is 6.12. The van der Waals surface area contributed by atoms with Gasteiger partial charge in [0.25, 0.3) is 0 Å². The van der Waals surface area contributed by atoms with Crippen molar-refractivity contribution in [2.45, 2.75) is 18.7 Å². The number of carboxylic acids is 1. The number of aliphatic carboxylic acids is 1. The molecule has 1 amide bonds. The Balaban J connectivity index is 1.85. The molecule has 0 aliphatic carbocycles. The van der Waals surface area contributed by atoms with Crippen molar-refractivity contribution in [2.24, 2.45) is 0 Å². The van der Waals surface area contributed by atoms with Gasteiger partial charge < -0.3 is 14.8 Å². The number of rotatable bonds is 7. The van der Waals surface area contributed by atoms with E-state index in [1.54, 1.807) is 12.3 Å². The Bertz CT molecular complexity index is 609. The van der Waals surface area contributed by atoms with Crippen LogP contribution in [-0.2, 0) is 15.3 Å². The summed E-state index contributed by atoms with van der Waals surface area (Å²) in [4.78, 5) is 26.3. The summed E-state index contributed by atoms with van der Waals surface area (Å²) >= 11 is 2.89. The van der Waals surface area contributed by atoms with E-state index in [1.807, 2.05) is 11.4 Å². The average molecular weight is 326 g/mol. The molecule has 0 saturated carbocycles. The largest absolute Gasteiger partial charge is 0.480 e. The van der Waals surface area contributed by atoms with E-state index < -0.39 is 12.0 Å². The minimum Gasteiger partial charge on any atom is -0.480 e. The molecule has 2 heterocycles. The van der Waals surface area contributed by atoms with Gasteiger partial charge in [-0.3, -0.25) is 4.79 Å². The third-order valence-electron chi connectivity index (χ3n) is 2.49. The predicted molar refractivity (Wildman–Crippen MR) is 81.2 cm³/mol. The molecule has 2 N–H and O–H groups in total. The molecule has 1 unspecified atom stereocenters. The first-order chi connectivity index (χ1) is 10.1. The van der Waals surface area contributed by atoms with E-state index in [-0.39, 0.29) is 5.91 Å². The Labute approximate surface area is 129 Å². The van der Waals surface area contributed by atoms with E-state index in [9.17, 15) is 9.59 Å². The summed E-state index contributed by atoms with van der Waals surface area (Å²) in [6.07, 6.45) is 1.59. The molecule has 0 radical (unpaired) electrons. The highest BCUT2D eigenvalue weighted by atomic mass is 32.2. The number of carbonyl (C=O) groups excluding carboxylic acids is 1. The minimum absolute atomic E-state index is 0.294. The number of thiazole rings is 1. The fourth-order valence-electron chi connectivity index (χ4n) is 1.59. The summed E-state index contributed by atoms with van der Waals surface area (Å²) < 4.78 is 5.27. The zero-order chi connectivity index (χ0) is 15.2. The fraction of sp³-hybridized carbons (Fsp3) is 0.308. The Morgan fingerprint density at radius 2 is 2.38 bits per heavy atom. The van der Waals surface area contributed by atoms with Crippen molar-refractivity contribution in [2.75, 3.05) is 5.75 Å². The van der Waals surface area contributed by atoms with Crippen molar-refractivity contribution in [3.63, 3.8) is 0 Å². The molecule has 2 aromatic rings. The number of hydrogen-bond acceptors (Lipinski definition) is 6. The first kappa shape index (κ1) is 15.6. The van der Waals surface area contributed by atoms with Crippen LogP contribution in [0.3, 0.4) is 0 Å². The van der Waals surface area contributed by atoms with Crippen molar-refractivity contribution in [3.05, 3.63) is 29.5 Å². The van der Waals surface area contributed by atoms with Gasteiger partial charge in [-0.1, -0.05) is 0 Å². The normalized spacial score (nSPS) is 12.0. The van der Waals surface area contributed by atoms with Gasteiger partial charge in [0.2, 0.25) is 5.91 Å². The summed E-state index contributed by atoms with van der Waals surface area (Å²) in [5.41, 5.74) is 0.864. The fourth-order valence-corrected chi connectivity index (χ4v) is 3.42. The molecular weight excluding hydrogens is 312 g/mol. The maximum atomic E-state index is 11.0. The van der Waals surface area contributed by atoms with Crippen LogP contribution >= 0.6 is 23.1 Å². The number of carbonyl (C=O) groups is 2. The highest BCUT2D eigenvalue weighted by Gasteiger charge is 2.18. The van der Waals surface area contributed by atoms with Crippen molar-refractivity contribution in [1.82, 2.24) is 10.3 Å². The number of carboxylic acid groups (broad SMARTS) is 1. The summed E-state index contributed by atoms with van der Waals surface area (Å²) in [5, 5.41) is 14.1. The molecule has 0 saturated heterocycles. The van der Waals surface area contributed by atoms with Crippen LogP contribution in [-0.4, -0.2) is 33.8 Å². The van der Waals surface area contributed by atoms with Crippen LogP contribution in [0.5, 0.6) is 0 Å². The lowest BCUT2D eigenvalue weighted by Gasteiger charge is -2.11. The van der Waals surface area contributed by atoms with Crippen LogP contribution < -0.4 is 5.32 Å². The van der Waals surface area contributed by atoms with Crippen LogP contribution in [0.25, 0.3) is 10.8 Å². The predicted octanol–water partition coefficient (Wildman–Crippen LogP) is 2.23. The van der Waals surface area contributed by atoms with Crippen molar-refractivity contribution < 1.29 is 19.1 Å². The van der Waals surface area contributed by atoms with Gasteiger partial charge in [-0.15, -0.1) is 11.3 Å². The lowest BCUT2D eigenvalue weighted by atomic mass is 10.3. The number of nitrogens with one attached hydrogen (secondary N) is 1. The molecule has 2 aromatic heterocycles. The highest BCUT2D eigenvalue weighted by Crippen LogP contribution is 2.25. The molecule has 0 fully saturated rings. The topological polar surface area (TPSA) is 92.4 Å². The second-order valence-corrected chi connectivity index (χ2v) is 6.12. The van der Waals surface area contributed by atoms with Crippen LogP contribution in [0.2, 0.25) is 0 Å². The zero-order valence-electron chi connectivity index (χ0n) is 11.2. The molecule has 0 aliphatic rings. The van der Waals surface area contributed by atoms with Crippen LogP contribution in [0.15, 0.2) is 28.2 Å². The molecule has 0 spiro atoms. The van der Waals surface area contributed by atoms with Gasteiger partial charge in [-0.25, -0.2) is 9.78 Å². The quantitative estimate of drug-likeness (QED) is 0.810. The van der Waals surface area contributed by atoms with Crippen LogP contribution in [0, 0.1) is 0 Å². The third kappa shape index (κ3) is 4.61. The highest BCUT2D eigenvalue weighted by molar-refractivity contribution is 7.98. The van der Waals surface area contributed by atoms with Gasteiger partial charge in [0, 0.05) is 23.8 Å². The maximum absolute atomic E-state index is 11.0. The number of hydrogen-bond donors (Lipinski definition) is 2. The lowest BCUT2D eigenvalue weighted by Crippen LogP contribution is -2.41. The molecular formula is C13H14N2O4S2. The summed E-state index contributed by atoms with van der Waals surface area (Å²) in [5.74, 6) is 0.213. The number of amides is 1. The SMILES string of the molecule is CC(=O)NC(CSCc1csc(-c2ccco2)n1)C(=O)O. The van der Waals surface area contributed by atoms with Crippen LogP contribution in [0.4, 0.5) is 0 Å². The monoisotopic (exact) mass is 326 g/mol. The van der Waals surface area contributed by atoms with Crippen molar-refractivity contribution in [3.8, 4) is 10.8 Å². The minimum atomic E-state index is -1.03. The molecule has 0 bridgehead atoms. The third-order valence-corrected chi connectivity index (χ3v) is 4.47. The molecule has 6 nitrogen and oxygen atoms in total. The van der Waals surface area contributed by atoms with E-state index in [0.29, 0.717) is 11.5 Å². The second kappa shape index (κ2) is 7.28. The Morgan fingerprint density at radius 1 is 1.57 bits per heavy atom. The molecule has 2 rings (SSSR count). The van der Waals surface area contributed by atoms with Gasteiger partial charge in [0.05, 0.1) is 12.0 Å². The smallest absolute Gasteiger partial charge is 0.327 e. The summed E-state index contributed by atoms with van der Waals surface area (Å²) in [7, 11) is 0. The number of thioether (sulfide) groups is 1. The molecule has 112 valence electrons.